The second-order valence-corrected chi connectivity index (χ2v) is 10.0. The molecule has 1 aliphatic carbocycles. The van der Waals surface area contributed by atoms with Gasteiger partial charge in [0.2, 0.25) is 0 Å². The average molecular weight is 462 g/mol. The van der Waals surface area contributed by atoms with Gasteiger partial charge >= 0.3 is 7.05 Å². The molecule has 0 bridgehead atoms. The standard InChI is InChI=1S/C21H25BClN3O4S/c1-22(27)26-10-8-25(9-11-26)21-18-6-5-17(23)13-19(18)16(14-30-31(2,28)29)12-15-4-3-7-24-20(15)21/h3-7,12-13,21,27H,8-11,14H2,1-2H3. The van der Waals surface area contributed by atoms with Gasteiger partial charge in [0.15, 0.2) is 0 Å². The van der Waals surface area contributed by atoms with Crippen molar-refractivity contribution in [3.8, 4) is 0 Å². The molecule has 4 rings (SSSR count). The number of fused-ring (bicyclic) bond motifs is 2. The van der Waals surface area contributed by atoms with E-state index in [1.54, 1.807) is 13.0 Å². The highest BCUT2D eigenvalue weighted by atomic mass is 35.5. The van der Waals surface area contributed by atoms with Crippen molar-refractivity contribution in [1.82, 2.24) is 14.7 Å². The third kappa shape index (κ3) is 5.03. The van der Waals surface area contributed by atoms with Gasteiger partial charge in [0, 0.05) is 37.4 Å². The first-order valence-electron chi connectivity index (χ1n) is 10.2. The van der Waals surface area contributed by atoms with Crippen molar-refractivity contribution < 1.29 is 17.6 Å². The van der Waals surface area contributed by atoms with Crippen molar-refractivity contribution in [1.29, 1.82) is 0 Å². The van der Waals surface area contributed by atoms with Gasteiger partial charge in [-0.1, -0.05) is 23.7 Å². The second kappa shape index (κ2) is 9.01. The molecule has 0 saturated carbocycles. The van der Waals surface area contributed by atoms with Crippen LogP contribution in [0.25, 0.3) is 11.6 Å². The molecule has 0 spiro atoms. The molecule has 2 aliphatic rings. The minimum Gasteiger partial charge on any atom is -0.437 e. The molecule has 1 aromatic heterocycles. The average Bonchev–Trinajstić information content (AvgIpc) is 2.86. The first-order valence-corrected chi connectivity index (χ1v) is 12.4. The Morgan fingerprint density at radius 2 is 2.00 bits per heavy atom. The number of hydrogen-bond acceptors (Lipinski definition) is 7. The van der Waals surface area contributed by atoms with Crippen LogP contribution in [0.1, 0.15) is 28.4 Å². The van der Waals surface area contributed by atoms with Crippen LogP contribution >= 0.6 is 11.6 Å². The van der Waals surface area contributed by atoms with Gasteiger partial charge in [-0.2, -0.15) is 8.42 Å². The summed E-state index contributed by atoms with van der Waals surface area (Å²) in [4.78, 5) is 9.11. The Bertz CT molecular complexity index is 1100. The second-order valence-electron chi connectivity index (χ2n) is 7.95. The zero-order valence-corrected chi connectivity index (χ0v) is 19.1. The Labute approximate surface area is 188 Å². The Kier molecular flexibility index (Phi) is 6.53. The van der Waals surface area contributed by atoms with Crippen molar-refractivity contribution in [3.63, 3.8) is 0 Å². The molecule has 1 aliphatic heterocycles. The van der Waals surface area contributed by atoms with Crippen molar-refractivity contribution in [2.24, 2.45) is 0 Å². The number of hydrogen-bond donors (Lipinski definition) is 1. The molecule has 10 heteroatoms. The van der Waals surface area contributed by atoms with Gasteiger partial charge in [-0.15, -0.1) is 0 Å². The minimum atomic E-state index is -3.60. The van der Waals surface area contributed by atoms with Gasteiger partial charge in [0.1, 0.15) is 0 Å². The maximum absolute atomic E-state index is 11.7. The van der Waals surface area contributed by atoms with E-state index < -0.39 is 17.2 Å². The number of rotatable bonds is 5. The smallest absolute Gasteiger partial charge is 0.376 e. The summed E-state index contributed by atoms with van der Waals surface area (Å²) in [5.74, 6) is 0. The van der Waals surface area contributed by atoms with Gasteiger partial charge in [0.05, 0.1) is 24.6 Å². The monoisotopic (exact) mass is 461 g/mol. The maximum Gasteiger partial charge on any atom is 0.376 e. The molecule has 0 amide bonds. The molecular formula is C21H25BClN3O4S. The van der Waals surface area contributed by atoms with Crippen molar-refractivity contribution in [3.05, 3.63) is 63.9 Å². The summed E-state index contributed by atoms with van der Waals surface area (Å²) in [6.07, 6.45) is 4.76. The van der Waals surface area contributed by atoms with Gasteiger partial charge in [-0.05, 0) is 53.4 Å². The summed E-state index contributed by atoms with van der Waals surface area (Å²) in [7, 11) is -4.08. The van der Waals surface area contributed by atoms with Crippen molar-refractivity contribution >= 4 is 40.4 Å². The third-order valence-corrected chi connectivity index (χ3v) is 6.57. The van der Waals surface area contributed by atoms with Crippen LogP contribution in [0.4, 0.5) is 0 Å². The van der Waals surface area contributed by atoms with Crippen molar-refractivity contribution in [2.45, 2.75) is 12.9 Å². The summed E-state index contributed by atoms with van der Waals surface area (Å²) in [5, 5.41) is 10.5. The number of piperazine rings is 1. The Balaban J connectivity index is 1.79. The van der Waals surface area contributed by atoms with E-state index in [0.717, 1.165) is 60.4 Å². The molecule has 1 saturated heterocycles. The van der Waals surface area contributed by atoms with E-state index in [9.17, 15) is 13.4 Å². The lowest BCUT2D eigenvalue weighted by molar-refractivity contribution is 0.144. The highest BCUT2D eigenvalue weighted by Crippen LogP contribution is 2.40. The lowest BCUT2D eigenvalue weighted by Crippen LogP contribution is -2.52. The molecule has 1 fully saturated rings. The SMILES string of the molecule is CB(O)N1CCN(C2c3ccc(Cl)cc3C(COS(C)(=O)=O)=Cc3cccnc32)CC1. The normalized spacial score (nSPS) is 19.9. The van der Waals surface area contributed by atoms with E-state index in [0.29, 0.717) is 5.02 Å². The Morgan fingerprint density at radius 3 is 2.68 bits per heavy atom. The summed E-state index contributed by atoms with van der Waals surface area (Å²) in [6, 6.07) is 9.43. The van der Waals surface area contributed by atoms with Crippen molar-refractivity contribution in [2.75, 3.05) is 39.0 Å². The van der Waals surface area contributed by atoms with E-state index in [1.165, 1.54) is 0 Å². The van der Waals surface area contributed by atoms with E-state index >= 15 is 0 Å². The first kappa shape index (κ1) is 22.4. The Hall–Kier alpha value is -1.75. The van der Waals surface area contributed by atoms with Gasteiger partial charge in [-0.25, -0.2) is 0 Å². The molecule has 7 nitrogen and oxygen atoms in total. The lowest BCUT2D eigenvalue weighted by Gasteiger charge is -2.40. The fourth-order valence-electron chi connectivity index (χ4n) is 4.27. The van der Waals surface area contributed by atoms with E-state index in [1.807, 2.05) is 41.2 Å². The fraction of sp³-hybridized carbons (Fsp3) is 0.381. The first-order chi connectivity index (χ1) is 14.7. The molecule has 2 aromatic rings. The highest BCUT2D eigenvalue weighted by molar-refractivity contribution is 7.86. The third-order valence-electron chi connectivity index (χ3n) is 5.79. The number of nitrogens with zero attached hydrogens (tertiary/aromatic N) is 3. The highest BCUT2D eigenvalue weighted by Gasteiger charge is 2.33. The molecule has 2 heterocycles. The predicted molar refractivity (Wildman–Crippen MR) is 123 cm³/mol. The summed E-state index contributed by atoms with van der Waals surface area (Å²) >= 11 is 6.33. The molecule has 0 radical (unpaired) electrons. The lowest BCUT2D eigenvalue weighted by atomic mass is 9.84. The fourth-order valence-corrected chi connectivity index (χ4v) is 4.78. The molecule has 31 heavy (non-hydrogen) atoms. The van der Waals surface area contributed by atoms with Crippen LogP contribution in [0.5, 0.6) is 0 Å². The van der Waals surface area contributed by atoms with Gasteiger partial charge in [0.25, 0.3) is 10.1 Å². The van der Waals surface area contributed by atoms with Crippen LogP contribution in [-0.4, -0.2) is 74.2 Å². The molecule has 164 valence electrons. The number of aromatic nitrogens is 1. The van der Waals surface area contributed by atoms with Crippen LogP contribution in [0.2, 0.25) is 11.8 Å². The molecule has 1 N–H and O–H groups in total. The van der Waals surface area contributed by atoms with E-state index in [2.05, 4.69) is 4.90 Å². The molecular weight excluding hydrogens is 437 g/mol. The predicted octanol–water partition coefficient (Wildman–Crippen LogP) is 2.38. The number of halogens is 1. The van der Waals surface area contributed by atoms with Gasteiger partial charge < -0.3 is 9.83 Å². The van der Waals surface area contributed by atoms with Crippen LogP contribution in [0.15, 0.2) is 36.5 Å². The van der Waals surface area contributed by atoms with Crippen LogP contribution < -0.4 is 0 Å². The topological polar surface area (TPSA) is 83.0 Å². The molecule has 1 unspecified atom stereocenters. The zero-order chi connectivity index (χ0) is 22.2. The Morgan fingerprint density at radius 1 is 1.26 bits per heavy atom. The van der Waals surface area contributed by atoms with Gasteiger partial charge in [-0.3, -0.25) is 14.1 Å². The zero-order valence-electron chi connectivity index (χ0n) is 17.5. The van der Waals surface area contributed by atoms with E-state index in [4.69, 9.17) is 20.8 Å². The van der Waals surface area contributed by atoms with Crippen LogP contribution in [0, 0.1) is 0 Å². The number of benzene rings is 1. The quantitative estimate of drug-likeness (QED) is 0.541. The summed E-state index contributed by atoms with van der Waals surface area (Å²) < 4.78 is 28.5. The summed E-state index contributed by atoms with van der Waals surface area (Å²) in [6.45, 7) is 4.73. The largest absolute Gasteiger partial charge is 0.437 e. The molecule has 1 aromatic carbocycles. The van der Waals surface area contributed by atoms with Crippen LogP contribution in [-0.2, 0) is 14.3 Å². The maximum atomic E-state index is 11.7. The number of pyridine rings is 1. The minimum absolute atomic E-state index is 0.0803. The van der Waals surface area contributed by atoms with Crippen LogP contribution in [0.3, 0.4) is 0 Å². The van der Waals surface area contributed by atoms with E-state index in [-0.39, 0.29) is 12.6 Å². The summed E-state index contributed by atoms with van der Waals surface area (Å²) in [5.41, 5.74) is 4.44. The molecule has 1 atom stereocenters.